The number of benzene rings is 4. The maximum Gasteiger partial charge on any atom is -0.00240 e. The van der Waals surface area contributed by atoms with E-state index in [1.54, 1.807) is 0 Å². The fourth-order valence-corrected chi connectivity index (χ4v) is 3.31. The highest BCUT2D eigenvalue weighted by Gasteiger charge is 2.10. The van der Waals surface area contributed by atoms with Gasteiger partial charge in [-0.1, -0.05) is 60.7 Å². The van der Waals surface area contributed by atoms with Crippen LogP contribution in [0.5, 0.6) is 0 Å². The third-order valence-corrected chi connectivity index (χ3v) is 4.50. The van der Waals surface area contributed by atoms with E-state index < -0.39 is 0 Å². The number of hydrogen-bond donors (Lipinski definition) is 0. The SMILES string of the molecule is Cc1c(C)c2ccc3ccccc3c2c2ccccc12. The quantitative estimate of drug-likeness (QED) is 0.351. The van der Waals surface area contributed by atoms with Crippen molar-refractivity contribution in [2.24, 2.45) is 0 Å². The first-order valence-electron chi connectivity index (χ1n) is 7.07. The smallest absolute Gasteiger partial charge is 0.00240 e. The second-order valence-electron chi connectivity index (χ2n) is 5.50. The van der Waals surface area contributed by atoms with Crippen molar-refractivity contribution in [3.63, 3.8) is 0 Å². The standard InChI is InChI=1S/C20H16/c1-13-14(2)17-12-11-15-7-3-4-9-18(15)20(17)19-10-6-5-8-16(13)19/h3-12H,1-2H3. The van der Waals surface area contributed by atoms with Crippen LogP contribution in [0.25, 0.3) is 32.3 Å². The molecule has 4 aromatic rings. The highest BCUT2D eigenvalue weighted by molar-refractivity contribution is 6.21. The fraction of sp³-hybridized carbons (Fsp3) is 0.100. The Bertz CT molecular complexity index is 962. The Morgan fingerprint density at radius 1 is 0.500 bits per heavy atom. The molecular formula is C20H16. The first-order valence-corrected chi connectivity index (χ1v) is 7.07. The molecule has 96 valence electrons. The molecule has 0 aliphatic heterocycles. The van der Waals surface area contributed by atoms with E-state index in [-0.39, 0.29) is 0 Å². The van der Waals surface area contributed by atoms with E-state index >= 15 is 0 Å². The van der Waals surface area contributed by atoms with Gasteiger partial charge in [-0.3, -0.25) is 0 Å². The van der Waals surface area contributed by atoms with Crippen LogP contribution < -0.4 is 0 Å². The van der Waals surface area contributed by atoms with E-state index in [1.807, 2.05) is 0 Å². The summed E-state index contributed by atoms with van der Waals surface area (Å²) in [6, 6.07) is 21.9. The number of fused-ring (bicyclic) bond motifs is 5. The normalized spacial score (nSPS) is 11.5. The molecule has 0 radical (unpaired) electrons. The molecule has 0 aliphatic carbocycles. The van der Waals surface area contributed by atoms with Crippen molar-refractivity contribution in [1.29, 1.82) is 0 Å². The van der Waals surface area contributed by atoms with Gasteiger partial charge in [0.1, 0.15) is 0 Å². The molecule has 0 aromatic heterocycles. The molecule has 0 heterocycles. The van der Waals surface area contributed by atoms with Gasteiger partial charge in [0.15, 0.2) is 0 Å². The maximum atomic E-state index is 2.27. The summed E-state index contributed by atoms with van der Waals surface area (Å²) in [6.07, 6.45) is 0. The summed E-state index contributed by atoms with van der Waals surface area (Å²) < 4.78 is 0. The van der Waals surface area contributed by atoms with E-state index in [4.69, 9.17) is 0 Å². The molecule has 0 atom stereocenters. The van der Waals surface area contributed by atoms with Crippen LogP contribution in [0.2, 0.25) is 0 Å². The average molecular weight is 256 g/mol. The maximum absolute atomic E-state index is 2.27. The van der Waals surface area contributed by atoms with Gasteiger partial charge in [-0.15, -0.1) is 0 Å². The van der Waals surface area contributed by atoms with Crippen LogP contribution >= 0.6 is 0 Å². The topological polar surface area (TPSA) is 0 Å². The largest absolute Gasteiger partial charge is 0.0616 e. The molecule has 0 saturated carbocycles. The van der Waals surface area contributed by atoms with Gasteiger partial charge >= 0.3 is 0 Å². The molecule has 0 fully saturated rings. The minimum absolute atomic E-state index is 1.31. The molecule has 0 saturated heterocycles. The monoisotopic (exact) mass is 256 g/mol. The van der Waals surface area contributed by atoms with E-state index in [0.29, 0.717) is 0 Å². The molecule has 0 N–H and O–H groups in total. The third-order valence-electron chi connectivity index (χ3n) is 4.50. The van der Waals surface area contributed by atoms with Crippen LogP contribution in [-0.4, -0.2) is 0 Å². The van der Waals surface area contributed by atoms with Gasteiger partial charge in [0.25, 0.3) is 0 Å². The van der Waals surface area contributed by atoms with Crippen molar-refractivity contribution >= 4 is 32.3 Å². The van der Waals surface area contributed by atoms with Crippen LogP contribution in [0, 0.1) is 13.8 Å². The van der Waals surface area contributed by atoms with Gasteiger partial charge in [-0.25, -0.2) is 0 Å². The Labute approximate surface area is 118 Å². The minimum atomic E-state index is 1.31. The van der Waals surface area contributed by atoms with Crippen LogP contribution in [0.3, 0.4) is 0 Å². The highest BCUT2D eigenvalue weighted by atomic mass is 14.1. The molecule has 0 aliphatic rings. The lowest BCUT2D eigenvalue weighted by atomic mass is 9.90. The molecule has 20 heavy (non-hydrogen) atoms. The molecule has 4 aromatic carbocycles. The van der Waals surface area contributed by atoms with E-state index in [0.717, 1.165) is 0 Å². The van der Waals surface area contributed by atoms with Crippen molar-refractivity contribution in [2.75, 3.05) is 0 Å². The molecule has 0 heteroatoms. The van der Waals surface area contributed by atoms with Crippen LogP contribution in [-0.2, 0) is 0 Å². The summed E-state index contributed by atoms with van der Waals surface area (Å²) in [5.41, 5.74) is 2.79. The summed E-state index contributed by atoms with van der Waals surface area (Å²) in [6.45, 7) is 4.46. The predicted molar refractivity (Wildman–Crippen MR) is 88.4 cm³/mol. The lowest BCUT2D eigenvalue weighted by Crippen LogP contribution is -1.89. The minimum Gasteiger partial charge on any atom is -0.0616 e. The molecule has 0 bridgehead atoms. The summed E-state index contributed by atoms with van der Waals surface area (Å²) >= 11 is 0. The van der Waals surface area contributed by atoms with E-state index in [2.05, 4.69) is 74.5 Å². The third kappa shape index (κ3) is 1.42. The van der Waals surface area contributed by atoms with Gasteiger partial charge in [-0.05, 0) is 57.3 Å². The van der Waals surface area contributed by atoms with Gasteiger partial charge in [0.2, 0.25) is 0 Å². The van der Waals surface area contributed by atoms with Crippen molar-refractivity contribution in [3.05, 3.63) is 71.8 Å². The van der Waals surface area contributed by atoms with Gasteiger partial charge in [0.05, 0.1) is 0 Å². The van der Waals surface area contributed by atoms with E-state index in [1.165, 1.54) is 43.4 Å². The zero-order valence-corrected chi connectivity index (χ0v) is 11.8. The molecule has 0 nitrogen and oxygen atoms in total. The summed E-state index contributed by atoms with van der Waals surface area (Å²) in [5, 5.41) is 8.16. The summed E-state index contributed by atoms with van der Waals surface area (Å²) in [4.78, 5) is 0. The zero-order chi connectivity index (χ0) is 13.7. The van der Waals surface area contributed by atoms with Crippen molar-refractivity contribution < 1.29 is 0 Å². The molecule has 0 spiro atoms. The van der Waals surface area contributed by atoms with Gasteiger partial charge in [0, 0.05) is 0 Å². The van der Waals surface area contributed by atoms with Crippen molar-refractivity contribution in [1.82, 2.24) is 0 Å². The highest BCUT2D eigenvalue weighted by Crippen LogP contribution is 2.36. The van der Waals surface area contributed by atoms with Crippen LogP contribution in [0.4, 0.5) is 0 Å². The average Bonchev–Trinajstić information content (AvgIpc) is 2.51. The predicted octanol–water partition coefficient (Wildman–Crippen LogP) is 5.76. The lowest BCUT2D eigenvalue weighted by Gasteiger charge is -2.14. The zero-order valence-electron chi connectivity index (χ0n) is 11.8. The van der Waals surface area contributed by atoms with Crippen molar-refractivity contribution in [3.8, 4) is 0 Å². The molecule has 0 unspecified atom stereocenters. The van der Waals surface area contributed by atoms with Crippen LogP contribution in [0.15, 0.2) is 60.7 Å². The summed E-state index contributed by atoms with van der Waals surface area (Å²) in [7, 11) is 0. The van der Waals surface area contributed by atoms with E-state index in [9.17, 15) is 0 Å². The summed E-state index contributed by atoms with van der Waals surface area (Å²) in [5.74, 6) is 0. The van der Waals surface area contributed by atoms with Crippen molar-refractivity contribution in [2.45, 2.75) is 13.8 Å². The van der Waals surface area contributed by atoms with Gasteiger partial charge in [-0.2, -0.15) is 0 Å². The Balaban J connectivity index is 2.42. The second kappa shape index (κ2) is 4.08. The first kappa shape index (κ1) is 11.5. The fourth-order valence-electron chi connectivity index (χ4n) is 3.31. The van der Waals surface area contributed by atoms with Crippen LogP contribution in [0.1, 0.15) is 11.1 Å². The molecule has 0 amide bonds. The molecular weight excluding hydrogens is 240 g/mol. The first-order chi connectivity index (χ1) is 9.77. The Morgan fingerprint density at radius 2 is 1.10 bits per heavy atom. The Hall–Kier alpha value is -2.34. The molecule has 4 rings (SSSR count). The lowest BCUT2D eigenvalue weighted by molar-refractivity contribution is 1.42. The Morgan fingerprint density at radius 3 is 1.90 bits per heavy atom. The van der Waals surface area contributed by atoms with Gasteiger partial charge < -0.3 is 0 Å². The Kier molecular flexibility index (Phi) is 2.34. The number of hydrogen-bond acceptors (Lipinski definition) is 0. The number of aryl methyl sites for hydroxylation is 2. The second-order valence-corrected chi connectivity index (χ2v) is 5.50. The number of rotatable bonds is 0.